The number of hydrogen-bond donors (Lipinski definition) is 2. The first-order chi connectivity index (χ1) is 9.94. The molecule has 0 bridgehead atoms. The van der Waals surface area contributed by atoms with Crippen LogP contribution >= 0.6 is 0 Å². The van der Waals surface area contributed by atoms with Crippen LogP contribution in [0.5, 0.6) is 0 Å². The van der Waals surface area contributed by atoms with Gasteiger partial charge in [0.05, 0.1) is 16.4 Å². The number of hydrogen-bond acceptors (Lipinski definition) is 6. The summed E-state index contributed by atoms with van der Waals surface area (Å²) in [6.07, 6.45) is 0.594. The number of ether oxygens (including phenoxy) is 1. The maximum atomic E-state index is 12.2. The Kier molecular flexibility index (Phi) is 4.76. The van der Waals surface area contributed by atoms with Gasteiger partial charge in [0.15, 0.2) is 0 Å². The summed E-state index contributed by atoms with van der Waals surface area (Å²) < 4.78 is 32.0. The molecule has 1 aromatic rings. The van der Waals surface area contributed by atoms with Crippen LogP contribution in [-0.4, -0.2) is 39.1 Å². The second kappa shape index (κ2) is 6.37. The van der Waals surface area contributed by atoms with E-state index in [9.17, 15) is 18.5 Å². The van der Waals surface area contributed by atoms with E-state index >= 15 is 0 Å². The normalized spacial score (nSPS) is 18.6. The van der Waals surface area contributed by atoms with Crippen molar-refractivity contribution in [2.24, 2.45) is 0 Å². The Hall–Kier alpha value is -1.71. The summed E-state index contributed by atoms with van der Waals surface area (Å²) in [6, 6.07) is 3.53. The van der Waals surface area contributed by atoms with E-state index in [-0.39, 0.29) is 16.6 Å². The van der Waals surface area contributed by atoms with Crippen molar-refractivity contribution in [3.63, 3.8) is 0 Å². The van der Waals surface area contributed by atoms with E-state index in [4.69, 9.17) is 4.74 Å². The Balaban J connectivity index is 2.30. The highest BCUT2D eigenvalue weighted by molar-refractivity contribution is 7.89. The lowest BCUT2D eigenvalue weighted by Gasteiger charge is -2.12. The van der Waals surface area contributed by atoms with E-state index in [1.54, 1.807) is 6.92 Å². The maximum Gasteiger partial charge on any atom is 0.293 e. The molecule has 0 saturated carbocycles. The van der Waals surface area contributed by atoms with Gasteiger partial charge in [-0.3, -0.25) is 10.1 Å². The maximum absolute atomic E-state index is 12.2. The SMILES string of the molecule is CCNc1ccc(S(=O)(=O)NC2CCOC2)cc1[N+](=O)[O-]. The molecule has 9 heteroatoms. The van der Waals surface area contributed by atoms with Gasteiger partial charge in [-0.2, -0.15) is 0 Å². The van der Waals surface area contributed by atoms with Gasteiger partial charge < -0.3 is 10.1 Å². The van der Waals surface area contributed by atoms with E-state index < -0.39 is 14.9 Å². The molecule has 0 aromatic heterocycles. The van der Waals surface area contributed by atoms with Crippen molar-refractivity contribution in [2.45, 2.75) is 24.3 Å². The van der Waals surface area contributed by atoms with Gasteiger partial charge in [-0.1, -0.05) is 0 Å². The van der Waals surface area contributed by atoms with E-state index in [2.05, 4.69) is 10.0 Å². The molecular weight excluding hydrogens is 298 g/mol. The Bertz CT molecular complexity index is 626. The lowest BCUT2D eigenvalue weighted by atomic mass is 10.2. The molecule has 0 aliphatic carbocycles. The highest BCUT2D eigenvalue weighted by Crippen LogP contribution is 2.27. The first-order valence-electron chi connectivity index (χ1n) is 6.56. The van der Waals surface area contributed by atoms with Crippen LogP contribution in [0.1, 0.15) is 13.3 Å². The van der Waals surface area contributed by atoms with Gasteiger partial charge in [-0.15, -0.1) is 0 Å². The standard InChI is InChI=1S/C12H17N3O5S/c1-2-13-11-4-3-10(7-12(11)15(16)17)21(18,19)14-9-5-6-20-8-9/h3-4,7,9,13-14H,2,5-6,8H2,1H3. The average Bonchev–Trinajstić information content (AvgIpc) is 2.91. The second-order valence-corrected chi connectivity index (χ2v) is 6.36. The van der Waals surface area contributed by atoms with Crippen molar-refractivity contribution in [3.05, 3.63) is 28.3 Å². The van der Waals surface area contributed by atoms with Gasteiger partial charge in [0, 0.05) is 25.3 Å². The molecule has 1 atom stereocenters. The molecule has 2 N–H and O–H groups in total. The van der Waals surface area contributed by atoms with Gasteiger partial charge in [-0.05, 0) is 25.5 Å². The number of sulfonamides is 1. The Morgan fingerprint density at radius 3 is 2.81 bits per heavy atom. The molecule has 0 amide bonds. The van der Waals surface area contributed by atoms with Crippen LogP contribution in [0.2, 0.25) is 0 Å². The zero-order valence-electron chi connectivity index (χ0n) is 11.5. The second-order valence-electron chi connectivity index (χ2n) is 4.65. The number of nitro groups is 1. The third kappa shape index (κ3) is 3.69. The zero-order valence-corrected chi connectivity index (χ0v) is 12.4. The molecule has 1 fully saturated rings. The first kappa shape index (κ1) is 15.7. The Morgan fingerprint density at radius 2 is 2.24 bits per heavy atom. The van der Waals surface area contributed by atoms with E-state index in [0.29, 0.717) is 31.9 Å². The molecule has 1 unspecified atom stereocenters. The minimum absolute atomic E-state index is 0.122. The van der Waals surface area contributed by atoms with Crippen molar-refractivity contribution in [3.8, 4) is 0 Å². The summed E-state index contributed by atoms with van der Waals surface area (Å²) in [5, 5.41) is 13.9. The molecule has 21 heavy (non-hydrogen) atoms. The summed E-state index contributed by atoms with van der Waals surface area (Å²) in [5.41, 5.74) is 0.0352. The van der Waals surface area contributed by atoms with Crippen molar-refractivity contribution < 1.29 is 18.1 Å². The number of nitro benzene ring substituents is 1. The third-order valence-corrected chi connectivity index (χ3v) is 4.61. The highest BCUT2D eigenvalue weighted by Gasteiger charge is 2.26. The summed E-state index contributed by atoms with van der Waals surface area (Å²) in [4.78, 5) is 10.3. The summed E-state index contributed by atoms with van der Waals surface area (Å²) >= 11 is 0. The molecule has 2 rings (SSSR count). The number of rotatable bonds is 6. The largest absolute Gasteiger partial charge is 0.380 e. The van der Waals surface area contributed by atoms with E-state index in [1.165, 1.54) is 12.1 Å². The predicted molar refractivity (Wildman–Crippen MR) is 76.8 cm³/mol. The number of benzene rings is 1. The van der Waals surface area contributed by atoms with Gasteiger partial charge in [0.25, 0.3) is 5.69 Å². The van der Waals surface area contributed by atoms with Gasteiger partial charge in [0.1, 0.15) is 5.69 Å². The molecule has 0 spiro atoms. The monoisotopic (exact) mass is 315 g/mol. The molecule has 8 nitrogen and oxygen atoms in total. The van der Waals surface area contributed by atoms with Crippen molar-refractivity contribution in [1.82, 2.24) is 4.72 Å². The number of nitrogens with one attached hydrogen (secondary N) is 2. The number of anilines is 1. The molecule has 1 aliphatic heterocycles. The Morgan fingerprint density at radius 1 is 1.48 bits per heavy atom. The lowest BCUT2D eigenvalue weighted by Crippen LogP contribution is -2.35. The minimum atomic E-state index is -3.79. The van der Waals surface area contributed by atoms with Crippen LogP contribution in [0.4, 0.5) is 11.4 Å². The van der Waals surface area contributed by atoms with Crippen LogP contribution < -0.4 is 10.0 Å². The fourth-order valence-corrected chi connectivity index (χ4v) is 3.36. The average molecular weight is 315 g/mol. The first-order valence-corrected chi connectivity index (χ1v) is 8.04. The van der Waals surface area contributed by atoms with Gasteiger partial charge in [0.2, 0.25) is 10.0 Å². The molecular formula is C12H17N3O5S. The van der Waals surface area contributed by atoms with Crippen molar-refractivity contribution in [2.75, 3.05) is 25.1 Å². The van der Waals surface area contributed by atoms with Crippen molar-refractivity contribution in [1.29, 1.82) is 0 Å². The summed E-state index contributed by atoms with van der Waals surface area (Å²) in [7, 11) is -3.79. The fourth-order valence-electron chi connectivity index (χ4n) is 2.08. The third-order valence-electron chi connectivity index (χ3n) is 3.09. The van der Waals surface area contributed by atoms with Crippen LogP contribution in [0, 0.1) is 10.1 Å². The lowest BCUT2D eigenvalue weighted by molar-refractivity contribution is -0.384. The smallest absolute Gasteiger partial charge is 0.293 e. The summed E-state index contributed by atoms with van der Waals surface area (Å²) in [5.74, 6) is 0. The topological polar surface area (TPSA) is 111 Å². The molecule has 1 aromatic carbocycles. The number of nitrogens with zero attached hydrogens (tertiary/aromatic N) is 1. The quantitative estimate of drug-likeness (QED) is 0.600. The zero-order chi connectivity index (χ0) is 15.5. The van der Waals surface area contributed by atoms with Crippen molar-refractivity contribution >= 4 is 21.4 Å². The van der Waals surface area contributed by atoms with E-state index in [1.807, 2.05) is 0 Å². The van der Waals surface area contributed by atoms with Crippen LogP contribution in [0.25, 0.3) is 0 Å². The van der Waals surface area contributed by atoms with Crippen LogP contribution in [0.15, 0.2) is 23.1 Å². The molecule has 116 valence electrons. The van der Waals surface area contributed by atoms with Gasteiger partial charge in [-0.25, -0.2) is 13.1 Å². The molecule has 0 radical (unpaired) electrons. The fraction of sp³-hybridized carbons (Fsp3) is 0.500. The van der Waals surface area contributed by atoms with Gasteiger partial charge >= 0.3 is 0 Å². The predicted octanol–water partition coefficient (Wildman–Crippen LogP) is 1.09. The van der Waals surface area contributed by atoms with Crippen LogP contribution in [0.3, 0.4) is 0 Å². The molecule has 1 heterocycles. The summed E-state index contributed by atoms with van der Waals surface area (Å²) in [6.45, 7) is 3.13. The molecule has 1 aliphatic rings. The highest BCUT2D eigenvalue weighted by atomic mass is 32.2. The minimum Gasteiger partial charge on any atom is -0.380 e. The Labute approximate surface area is 122 Å². The van der Waals surface area contributed by atoms with Crippen LogP contribution in [-0.2, 0) is 14.8 Å². The van der Waals surface area contributed by atoms with E-state index in [0.717, 1.165) is 6.07 Å². The molecule has 1 saturated heterocycles.